The predicted octanol–water partition coefficient (Wildman–Crippen LogP) is 2.12. The molecule has 25 heavy (non-hydrogen) atoms. The van der Waals surface area contributed by atoms with Gasteiger partial charge in [0.15, 0.2) is 0 Å². The number of halogens is 2. The van der Waals surface area contributed by atoms with Crippen LogP contribution in [0.15, 0.2) is 17.0 Å². The molecule has 3 N–H and O–H groups in total. The normalized spacial score (nSPS) is 18.4. The van der Waals surface area contributed by atoms with Crippen molar-refractivity contribution in [3.63, 3.8) is 0 Å². The Morgan fingerprint density at radius 2 is 1.96 bits per heavy atom. The van der Waals surface area contributed by atoms with Crippen molar-refractivity contribution in [2.24, 2.45) is 0 Å². The van der Waals surface area contributed by atoms with E-state index in [0.717, 1.165) is 25.5 Å². The van der Waals surface area contributed by atoms with E-state index in [2.05, 4.69) is 15.4 Å². The Kier molecular flexibility index (Phi) is 5.80. The van der Waals surface area contributed by atoms with Gasteiger partial charge in [0.2, 0.25) is 15.9 Å². The van der Waals surface area contributed by atoms with E-state index in [9.17, 15) is 22.0 Å². The lowest BCUT2D eigenvalue weighted by Crippen LogP contribution is -2.40. The summed E-state index contributed by atoms with van der Waals surface area (Å²) in [5.74, 6) is -2.71. The summed E-state index contributed by atoms with van der Waals surface area (Å²) in [5, 5.41) is 5.46. The van der Waals surface area contributed by atoms with Gasteiger partial charge in [-0.3, -0.25) is 4.79 Å². The highest BCUT2D eigenvalue weighted by molar-refractivity contribution is 7.89. The van der Waals surface area contributed by atoms with Gasteiger partial charge in [-0.25, -0.2) is 21.9 Å². The van der Waals surface area contributed by atoms with Gasteiger partial charge in [0, 0.05) is 24.1 Å². The molecule has 0 saturated carbocycles. The minimum atomic E-state index is -4.20. The number of carbonyl (C=O) groups excluding carboxylic acids is 1. The van der Waals surface area contributed by atoms with E-state index in [1.807, 2.05) is 0 Å². The predicted molar refractivity (Wildman–Crippen MR) is 90.7 cm³/mol. The molecular formula is C16H23F2N3O3S. The topological polar surface area (TPSA) is 87.3 Å². The standard InChI is InChI=1S/C16H23F2N3O3S/c1-16(2,3)21-25(23,24)14-9-13(11(17)8-12(14)18)20-15(22)7-10-5-4-6-19-10/h8-10,19,21H,4-7H2,1-3H3,(H,20,22). The minimum absolute atomic E-state index is 0.00858. The molecule has 1 aliphatic rings. The van der Waals surface area contributed by atoms with E-state index in [1.54, 1.807) is 20.8 Å². The highest BCUT2D eigenvalue weighted by Crippen LogP contribution is 2.24. The van der Waals surface area contributed by atoms with Crippen LogP contribution in [0.25, 0.3) is 0 Å². The number of hydrogen-bond donors (Lipinski definition) is 3. The van der Waals surface area contributed by atoms with Gasteiger partial charge >= 0.3 is 0 Å². The van der Waals surface area contributed by atoms with Crippen LogP contribution in [0, 0.1) is 11.6 Å². The zero-order chi connectivity index (χ0) is 18.8. The number of anilines is 1. The van der Waals surface area contributed by atoms with Gasteiger partial charge < -0.3 is 10.6 Å². The summed E-state index contributed by atoms with van der Waals surface area (Å²) in [5.41, 5.74) is -1.20. The first-order valence-corrected chi connectivity index (χ1v) is 9.52. The lowest BCUT2D eigenvalue weighted by molar-refractivity contribution is -0.116. The van der Waals surface area contributed by atoms with Gasteiger partial charge in [0.1, 0.15) is 16.5 Å². The maximum atomic E-state index is 14.0. The lowest BCUT2D eigenvalue weighted by atomic mass is 10.1. The zero-order valence-corrected chi connectivity index (χ0v) is 15.3. The number of carbonyl (C=O) groups is 1. The average Bonchev–Trinajstić information content (AvgIpc) is 2.91. The second-order valence-electron chi connectivity index (χ2n) is 7.16. The largest absolute Gasteiger partial charge is 0.324 e. The molecule has 6 nitrogen and oxygen atoms in total. The van der Waals surface area contributed by atoms with Crippen molar-refractivity contribution in [3.05, 3.63) is 23.8 Å². The number of amides is 1. The van der Waals surface area contributed by atoms with Crippen LogP contribution < -0.4 is 15.4 Å². The molecule has 1 aromatic carbocycles. The van der Waals surface area contributed by atoms with Crippen LogP contribution in [-0.2, 0) is 14.8 Å². The Morgan fingerprint density at radius 1 is 1.28 bits per heavy atom. The highest BCUT2D eigenvalue weighted by atomic mass is 32.2. The molecular weight excluding hydrogens is 352 g/mol. The molecule has 140 valence electrons. The Bertz CT molecular complexity index is 755. The summed E-state index contributed by atoms with van der Waals surface area (Å²) in [6, 6.07) is 1.27. The van der Waals surface area contributed by atoms with Crippen molar-refractivity contribution >= 4 is 21.6 Å². The molecule has 1 aromatic rings. The van der Waals surface area contributed by atoms with Crippen molar-refractivity contribution in [2.45, 2.75) is 56.5 Å². The van der Waals surface area contributed by atoms with E-state index in [0.29, 0.717) is 6.07 Å². The van der Waals surface area contributed by atoms with Crippen molar-refractivity contribution in [1.82, 2.24) is 10.0 Å². The third kappa shape index (κ3) is 5.45. The summed E-state index contributed by atoms with van der Waals surface area (Å²) in [6.07, 6.45) is 1.94. The zero-order valence-electron chi connectivity index (χ0n) is 14.4. The fourth-order valence-electron chi connectivity index (χ4n) is 2.64. The third-order valence-corrected chi connectivity index (χ3v) is 5.39. The molecule has 0 aliphatic carbocycles. The smallest absolute Gasteiger partial charge is 0.244 e. The summed E-state index contributed by atoms with van der Waals surface area (Å²) in [4.78, 5) is 11.3. The molecule has 0 bridgehead atoms. The number of nitrogens with one attached hydrogen (secondary N) is 3. The highest BCUT2D eigenvalue weighted by Gasteiger charge is 2.27. The van der Waals surface area contributed by atoms with Crippen LogP contribution in [0.3, 0.4) is 0 Å². The number of benzene rings is 1. The van der Waals surface area contributed by atoms with E-state index >= 15 is 0 Å². The van der Waals surface area contributed by atoms with Crippen LogP contribution in [0.1, 0.15) is 40.0 Å². The van der Waals surface area contributed by atoms with Gasteiger partial charge in [-0.05, 0) is 46.2 Å². The second-order valence-corrected chi connectivity index (χ2v) is 8.81. The number of rotatable bonds is 5. The number of sulfonamides is 1. The maximum absolute atomic E-state index is 14.0. The van der Waals surface area contributed by atoms with Crippen LogP contribution in [0.4, 0.5) is 14.5 Å². The quantitative estimate of drug-likeness (QED) is 0.736. The molecule has 1 unspecified atom stereocenters. The van der Waals surface area contributed by atoms with Crippen molar-refractivity contribution in [2.75, 3.05) is 11.9 Å². The van der Waals surface area contributed by atoms with Crippen molar-refractivity contribution in [1.29, 1.82) is 0 Å². The van der Waals surface area contributed by atoms with Crippen LogP contribution >= 0.6 is 0 Å². The summed E-state index contributed by atoms with van der Waals surface area (Å²) < 4.78 is 54.8. The van der Waals surface area contributed by atoms with Crippen LogP contribution in [-0.4, -0.2) is 32.5 Å². The van der Waals surface area contributed by atoms with Crippen LogP contribution in [0.2, 0.25) is 0 Å². The van der Waals surface area contributed by atoms with E-state index in [-0.39, 0.29) is 18.2 Å². The molecule has 0 spiro atoms. The third-order valence-electron chi connectivity index (χ3n) is 3.62. The van der Waals surface area contributed by atoms with Gasteiger partial charge in [0.25, 0.3) is 0 Å². The Morgan fingerprint density at radius 3 is 2.52 bits per heavy atom. The summed E-state index contributed by atoms with van der Waals surface area (Å²) >= 11 is 0. The Balaban J connectivity index is 2.23. The molecule has 1 aliphatic heterocycles. The van der Waals surface area contributed by atoms with Gasteiger partial charge in [-0.1, -0.05) is 0 Å². The number of hydrogen-bond acceptors (Lipinski definition) is 4. The van der Waals surface area contributed by atoms with Crippen molar-refractivity contribution < 1.29 is 22.0 Å². The van der Waals surface area contributed by atoms with E-state index in [4.69, 9.17) is 0 Å². The summed E-state index contributed by atoms with van der Waals surface area (Å²) in [7, 11) is -4.20. The first kappa shape index (κ1) is 19.7. The van der Waals surface area contributed by atoms with E-state index in [1.165, 1.54) is 0 Å². The summed E-state index contributed by atoms with van der Waals surface area (Å²) in [6.45, 7) is 5.62. The molecule has 1 atom stereocenters. The molecule has 1 heterocycles. The van der Waals surface area contributed by atoms with Gasteiger partial charge in [0.05, 0.1) is 5.69 Å². The first-order valence-electron chi connectivity index (χ1n) is 8.04. The maximum Gasteiger partial charge on any atom is 0.244 e. The lowest BCUT2D eigenvalue weighted by Gasteiger charge is -2.21. The Hall–Kier alpha value is -1.58. The first-order chi connectivity index (χ1) is 11.5. The average molecular weight is 375 g/mol. The molecule has 2 rings (SSSR count). The fourth-order valence-corrected chi connectivity index (χ4v) is 4.15. The fraction of sp³-hybridized carbons (Fsp3) is 0.562. The molecule has 1 saturated heterocycles. The van der Waals surface area contributed by atoms with Gasteiger partial charge in [-0.2, -0.15) is 0 Å². The SMILES string of the molecule is CC(C)(C)NS(=O)(=O)c1cc(NC(=O)CC2CCCN2)c(F)cc1F. The molecule has 1 fully saturated rings. The Labute approximate surface area is 146 Å². The molecule has 0 radical (unpaired) electrons. The molecule has 1 amide bonds. The minimum Gasteiger partial charge on any atom is -0.324 e. The van der Waals surface area contributed by atoms with Crippen molar-refractivity contribution in [3.8, 4) is 0 Å². The van der Waals surface area contributed by atoms with Crippen LogP contribution in [0.5, 0.6) is 0 Å². The second kappa shape index (κ2) is 7.35. The van der Waals surface area contributed by atoms with E-state index < -0.39 is 38.0 Å². The van der Waals surface area contributed by atoms with Gasteiger partial charge in [-0.15, -0.1) is 0 Å². The monoisotopic (exact) mass is 375 g/mol. The molecule has 0 aromatic heterocycles. The molecule has 9 heteroatoms.